The molecule has 15 heteroatoms. The van der Waals surface area contributed by atoms with Crippen molar-refractivity contribution in [3.05, 3.63) is 0 Å². The van der Waals surface area contributed by atoms with E-state index in [9.17, 15) is 37.3 Å². The number of alkyl halides is 5. The third-order valence-corrected chi connectivity index (χ3v) is 6.33. The van der Waals surface area contributed by atoms with Crippen molar-refractivity contribution in [3.63, 3.8) is 0 Å². The number of aliphatic hydroxyl groups excluding tert-OH is 6. The summed E-state index contributed by atoms with van der Waals surface area (Å²) in [6.45, 7) is 3.06. The topological polar surface area (TPSA) is 178 Å². The minimum atomic E-state index is -4.45. The molecule has 3 saturated heterocycles. The second-order valence-corrected chi connectivity index (χ2v) is 9.52. The molecule has 10 nitrogen and oxygen atoms in total. The Morgan fingerprint density at radius 3 is 1.57 bits per heavy atom. The highest BCUT2D eigenvalue weighted by molar-refractivity contribution is 4.93. The third-order valence-electron chi connectivity index (χ3n) is 6.33. The van der Waals surface area contributed by atoms with Crippen LogP contribution in [0.15, 0.2) is 0 Å². The average molecular weight is 528 g/mol. The first-order valence-electron chi connectivity index (χ1n) is 11.2. The minimum Gasteiger partial charge on any atom is -0.396 e. The van der Waals surface area contributed by atoms with Crippen LogP contribution in [0.1, 0.15) is 13.8 Å². The predicted molar refractivity (Wildman–Crippen MR) is 113 cm³/mol. The summed E-state index contributed by atoms with van der Waals surface area (Å²) in [6, 6.07) is 0. The average Bonchev–Trinajstić information content (AvgIpc) is 2.73. The van der Waals surface area contributed by atoms with Crippen LogP contribution < -0.4 is 16.0 Å². The molecule has 3 aliphatic rings. The van der Waals surface area contributed by atoms with Gasteiger partial charge in [-0.2, -0.15) is 13.2 Å². The van der Waals surface area contributed by atoms with Gasteiger partial charge in [-0.3, -0.25) is 0 Å². The van der Waals surface area contributed by atoms with E-state index < -0.39 is 60.1 Å². The van der Waals surface area contributed by atoms with E-state index in [1.54, 1.807) is 6.92 Å². The van der Waals surface area contributed by atoms with Gasteiger partial charge in [0.15, 0.2) is 0 Å². The number of β-amino-alcohol motifs (C(OH)–C–C–N with tert-alkyl or cyclic N) is 3. The quantitative estimate of drug-likeness (QED) is 0.171. The standard InChI is InChI=1S/C7H13F2NO2.C7H15NO3.C6H10F3NO2/c1-7(8,9)4-2-10-3-5(11)6(4)12;1-7(11)4-8-2-5(3-9)6(7)10;7-6(8,9)3-1-10-2-4(11)5(3)12/h4-6,10-12H,2-3H2,1H3;5-6,8-11H,2-4H2,1H3;3-5,10-12H,1-2H2/t4-,5+,6+;5-,6-,7?;3-,4+,5+/m010/s1. The van der Waals surface area contributed by atoms with Crippen LogP contribution in [0, 0.1) is 17.8 Å². The Morgan fingerprint density at radius 1 is 0.771 bits per heavy atom. The van der Waals surface area contributed by atoms with E-state index >= 15 is 0 Å². The Kier molecular flexibility index (Phi) is 12.1. The number of hydrogen-bond donors (Lipinski definition) is 10. The third kappa shape index (κ3) is 9.57. The highest BCUT2D eigenvalue weighted by Crippen LogP contribution is 2.31. The van der Waals surface area contributed by atoms with Crippen molar-refractivity contribution < 1.29 is 57.7 Å². The fraction of sp³-hybridized carbons (Fsp3) is 1.00. The number of hydrogen-bond acceptors (Lipinski definition) is 10. The van der Waals surface area contributed by atoms with E-state index in [2.05, 4.69) is 16.0 Å². The molecule has 1 unspecified atom stereocenters. The zero-order valence-corrected chi connectivity index (χ0v) is 19.6. The molecule has 9 atom stereocenters. The Balaban J connectivity index is 0.000000263. The van der Waals surface area contributed by atoms with Gasteiger partial charge in [-0.1, -0.05) is 0 Å². The lowest BCUT2D eigenvalue weighted by atomic mass is 9.85. The van der Waals surface area contributed by atoms with Crippen LogP contribution in [0.5, 0.6) is 0 Å². The highest BCUT2D eigenvalue weighted by atomic mass is 19.4. The number of aliphatic hydroxyl groups is 7. The molecule has 0 amide bonds. The van der Waals surface area contributed by atoms with Crippen molar-refractivity contribution >= 4 is 0 Å². The maximum Gasteiger partial charge on any atom is 0.395 e. The molecule has 0 aromatic carbocycles. The van der Waals surface area contributed by atoms with Crippen LogP contribution in [0.25, 0.3) is 0 Å². The molecule has 3 fully saturated rings. The van der Waals surface area contributed by atoms with Crippen molar-refractivity contribution in [1.29, 1.82) is 0 Å². The van der Waals surface area contributed by atoms with Crippen LogP contribution in [0.2, 0.25) is 0 Å². The van der Waals surface area contributed by atoms with Crippen LogP contribution in [-0.2, 0) is 0 Å². The summed E-state index contributed by atoms with van der Waals surface area (Å²) in [5.41, 5.74) is -1.11. The van der Waals surface area contributed by atoms with Gasteiger partial charge in [-0.15, -0.1) is 0 Å². The van der Waals surface area contributed by atoms with E-state index in [0.717, 1.165) is 6.92 Å². The zero-order chi connectivity index (χ0) is 27.2. The zero-order valence-electron chi connectivity index (χ0n) is 19.6. The molecular formula is C20H38F5N3O7. The summed E-state index contributed by atoms with van der Waals surface area (Å²) < 4.78 is 61.6. The molecule has 0 aliphatic carbocycles. The number of piperidine rings is 3. The largest absolute Gasteiger partial charge is 0.396 e. The first-order chi connectivity index (χ1) is 15.9. The molecule has 0 aromatic heterocycles. The monoisotopic (exact) mass is 527 g/mol. The van der Waals surface area contributed by atoms with E-state index in [-0.39, 0.29) is 38.7 Å². The highest BCUT2D eigenvalue weighted by Gasteiger charge is 2.48. The maximum atomic E-state index is 12.7. The van der Waals surface area contributed by atoms with Gasteiger partial charge in [0.2, 0.25) is 0 Å². The fourth-order valence-electron chi connectivity index (χ4n) is 3.98. The molecule has 35 heavy (non-hydrogen) atoms. The Bertz CT molecular complexity index is 591. The summed E-state index contributed by atoms with van der Waals surface area (Å²) >= 11 is 0. The number of rotatable bonds is 2. The molecule has 210 valence electrons. The molecule has 0 spiro atoms. The molecular weight excluding hydrogens is 489 g/mol. The Morgan fingerprint density at radius 2 is 1.23 bits per heavy atom. The van der Waals surface area contributed by atoms with E-state index in [1.165, 1.54) is 0 Å². The summed E-state index contributed by atoms with van der Waals surface area (Å²) in [7, 11) is 0. The van der Waals surface area contributed by atoms with Crippen molar-refractivity contribution in [2.24, 2.45) is 17.8 Å². The predicted octanol–water partition coefficient (Wildman–Crippen LogP) is -2.62. The lowest BCUT2D eigenvalue weighted by Gasteiger charge is -2.39. The summed E-state index contributed by atoms with van der Waals surface area (Å²) in [5.74, 6) is -6.25. The molecule has 0 radical (unpaired) electrons. The molecule has 3 aliphatic heterocycles. The molecule has 3 heterocycles. The molecule has 0 aromatic rings. The molecule has 3 rings (SSSR count). The van der Waals surface area contributed by atoms with Crippen LogP contribution in [0.3, 0.4) is 0 Å². The SMILES string of the molecule is CC(F)(F)[C@H]1CNC[C@@H](O)[C@@H]1O.CC1(O)CNC[C@H](CO)[C@H]1O.O[C@H]1[C@H](O)CNC[C@@H]1C(F)(F)F. The van der Waals surface area contributed by atoms with Crippen molar-refractivity contribution in [2.45, 2.75) is 62.1 Å². The molecule has 0 saturated carbocycles. The van der Waals surface area contributed by atoms with E-state index in [1.807, 2.05) is 0 Å². The minimum absolute atomic E-state index is 0.00769. The Hall–Kier alpha value is -0.750. The fourth-order valence-corrected chi connectivity index (χ4v) is 3.98. The molecule has 10 N–H and O–H groups in total. The lowest BCUT2D eigenvalue weighted by Crippen LogP contribution is -2.59. The van der Waals surface area contributed by atoms with Gasteiger partial charge in [0, 0.05) is 51.8 Å². The van der Waals surface area contributed by atoms with Crippen LogP contribution in [0.4, 0.5) is 22.0 Å². The number of nitrogens with one attached hydrogen (secondary N) is 3. The number of halogens is 5. The van der Waals surface area contributed by atoms with E-state index in [4.69, 9.17) is 20.4 Å². The van der Waals surface area contributed by atoms with Gasteiger partial charge in [0.05, 0.1) is 42.4 Å². The van der Waals surface area contributed by atoms with Gasteiger partial charge < -0.3 is 51.7 Å². The summed E-state index contributed by atoms with van der Waals surface area (Å²) in [6.07, 6.45) is -10.7. The van der Waals surface area contributed by atoms with Gasteiger partial charge in [0.1, 0.15) is 5.60 Å². The lowest BCUT2D eigenvalue weighted by molar-refractivity contribution is -0.217. The van der Waals surface area contributed by atoms with Crippen molar-refractivity contribution in [3.8, 4) is 0 Å². The van der Waals surface area contributed by atoms with Gasteiger partial charge in [0.25, 0.3) is 5.92 Å². The van der Waals surface area contributed by atoms with Gasteiger partial charge in [-0.25, -0.2) is 8.78 Å². The normalized spacial score (nSPS) is 40.6. The van der Waals surface area contributed by atoms with Crippen LogP contribution >= 0.6 is 0 Å². The van der Waals surface area contributed by atoms with Crippen LogP contribution in [-0.4, -0.2) is 130 Å². The first-order valence-corrected chi connectivity index (χ1v) is 11.2. The van der Waals surface area contributed by atoms with E-state index in [0.29, 0.717) is 13.1 Å². The molecule has 0 bridgehead atoms. The summed E-state index contributed by atoms with van der Waals surface area (Å²) in [5, 5.41) is 71.8. The maximum absolute atomic E-state index is 12.7. The van der Waals surface area contributed by atoms with Crippen molar-refractivity contribution in [1.82, 2.24) is 16.0 Å². The second-order valence-electron chi connectivity index (χ2n) is 9.52. The summed E-state index contributed by atoms with van der Waals surface area (Å²) in [4.78, 5) is 0. The van der Waals surface area contributed by atoms with Crippen molar-refractivity contribution in [2.75, 3.05) is 45.9 Å². The smallest absolute Gasteiger partial charge is 0.395 e. The Labute approximate surface area is 200 Å². The second kappa shape index (κ2) is 13.2. The first kappa shape index (κ1) is 32.3. The van der Waals surface area contributed by atoms with Gasteiger partial charge in [-0.05, 0) is 13.8 Å². The van der Waals surface area contributed by atoms with Gasteiger partial charge >= 0.3 is 6.18 Å².